The largest absolute Gasteiger partial charge is 0.482 e. The fourth-order valence-corrected chi connectivity index (χ4v) is 2.53. The zero-order valence-electron chi connectivity index (χ0n) is 12.5. The molecule has 0 aliphatic carbocycles. The zero-order chi connectivity index (χ0) is 15.4. The number of pyridine rings is 1. The van der Waals surface area contributed by atoms with Gasteiger partial charge in [0.15, 0.2) is 6.61 Å². The van der Waals surface area contributed by atoms with Crippen molar-refractivity contribution in [2.75, 3.05) is 19.7 Å². The standard InChI is InChI=1S/C16H18N4O2/c1-12-4-7-18-16(19-12)13-5-8-20(10-13)15(21)11-22-14-3-2-6-17-9-14/h2-4,6-7,9,13H,5,8,10-11H2,1H3. The van der Waals surface area contributed by atoms with Gasteiger partial charge in [0, 0.05) is 37.1 Å². The van der Waals surface area contributed by atoms with E-state index in [1.165, 1.54) is 0 Å². The van der Waals surface area contributed by atoms with Gasteiger partial charge in [-0.3, -0.25) is 9.78 Å². The fourth-order valence-electron chi connectivity index (χ4n) is 2.53. The molecule has 3 heterocycles. The van der Waals surface area contributed by atoms with Crippen LogP contribution in [0.4, 0.5) is 0 Å². The number of rotatable bonds is 4. The lowest BCUT2D eigenvalue weighted by Gasteiger charge is -2.16. The molecule has 0 spiro atoms. The van der Waals surface area contributed by atoms with Crippen molar-refractivity contribution < 1.29 is 9.53 Å². The molecule has 0 aromatic carbocycles. The summed E-state index contributed by atoms with van der Waals surface area (Å²) in [5, 5.41) is 0. The number of carbonyl (C=O) groups is 1. The van der Waals surface area contributed by atoms with Crippen LogP contribution in [-0.4, -0.2) is 45.5 Å². The summed E-state index contributed by atoms with van der Waals surface area (Å²) in [5.41, 5.74) is 0.953. The van der Waals surface area contributed by atoms with Crippen LogP contribution in [0.2, 0.25) is 0 Å². The Bertz CT molecular complexity index is 648. The van der Waals surface area contributed by atoms with E-state index in [0.29, 0.717) is 12.3 Å². The molecule has 22 heavy (non-hydrogen) atoms. The van der Waals surface area contributed by atoms with Crippen LogP contribution in [-0.2, 0) is 4.79 Å². The Morgan fingerprint density at radius 1 is 1.41 bits per heavy atom. The molecular weight excluding hydrogens is 280 g/mol. The van der Waals surface area contributed by atoms with Gasteiger partial charge in [0.25, 0.3) is 5.91 Å². The SMILES string of the molecule is Cc1ccnc(C2CCN(C(=O)COc3cccnc3)C2)n1. The van der Waals surface area contributed by atoms with Gasteiger partial charge in [-0.15, -0.1) is 0 Å². The average Bonchev–Trinajstić information content (AvgIpc) is 3.04. The molecule has 3 rings (SSSR count). The van der Waals surface area contributed by atoms with Crippen LogP contribution < -0.4 is 4.74 Å². The highest BCUT2D eigenvalue weighted by molar-refractivity contribution is 5.78. The number of ether oxygens (including phenoxy) is 1. The predicted octanol–water partition coefficient (Wildman–Crippen LogP) is 1.57. The van der Waals surface area contributed by atoms with Crippen molar-refractivity contribution in [3.63, 3.8) is 0 Å². The van der Waals surface area contributed by atoms with E-state index in [-0.39, 0.29) is 18.4 Å². The first-order valence-corrected chi connectivity index (χ1v) is 7.32. The summed E-state index contributed by atoms with van der Waals surface area (Å²) >= 11 is 0. The fraction of sp³-hybridized carbons (Fsp3) is 0.375. The molecule has 1 fully saturated rings. The number of aromatic nitrogens is 3. The highest BCUT2D eigenvalue weighted by atomic mass is 16.5. The molecule has 2 aromatic rings. The maximum Gasteiger partial charge on any atom is 0.260 e. The molecule has 114 valence electrons. The van der Waals surface area contributed by atoms with E-state index in [0.717, 1.165) is 24.5 Å². The van der Waals surface area contributed by atoms with Gasteiger partial charge in [0.05, 0.1) is 6.20 Å². The van der Waals surface area contributed by atoms with Crippen LogP contribution in [0.5, 0.6) is 5.75 Å². The van der Waals surface area contributed by atoms with E-state index < -0.39 is 0 Å². The number of aryl methyl sites for hydroxylation is 1. The molecule has 0 bridgehead atoms. The molecule has 0 radical (unpaired) electrons. The summed E-state index contributed by atoms with van der Waals surface area (Å²) in [5.74, 6) is 1.62. The van der Waals surface area contributed by atoms with Gasteiger partial charge in [-0.1, -0.05) is 0 Å². The van der Waals surface area contributed by atoms with E-state index in [1.54, 1.807) is 30.7 Å². The van der Waals surface area contributed by atoms with Crippen molar-refractivity contribution in [1.82, 2.24) is 19.9 Å². The van der Waals surface area contributed by atoms with E-state index >= 15 is 0 Å². The van der Waals surface area contributed by atoms with Crippen molar-refractivity contribution in [2.24, 2.45) is 0 Å². The number of likely N-dealkylation sites (tertiary alicyclic amines) is 1. The number of hydrogen-bond donors (Lipinski definition) is 0. The molecule has 2 aromatic heterocycles. The van der Waals surface area contributed by atoms with Gasteiger partial charge in [-0.05, 0) is 31.5 Å². The number of amides is 1. The first kappa shape index (κ1) is 14.4. The second kappa shape index (κ2) is 6.51. The second-order valence-corrected chi connectivity index (χ2v) is 5.36. The van der Waals surface area contributed by atoms with E-state index in [1.807, 2.05) is 17.9 Å². The second-order valence-electron chi connectivity index (χ2n) is 5.36. The minimum atomic E-state index is -0.0148. The van der Waals surface area contributed by atoms with Crippen LogP contribution in [0.1, 0.15) is 23.9 Å². The first-order chi connectivity index (χ1) is 10.7. The molecule has 6 nitrogen and oxygen atoms in total. The van der Waals surface area contributed by atoms with Crippen molar-refractivity contribution in [3.8, 4) is 5.75 Å². The van der Waals surface area contributed by atoms with Crippen molar-refractivity contribution >= 4 is 5.91 Å². The summed E-state index contributed by atoms with van der Waals surface area (Å²) < 4.78 is 5.46. The molecule has 1 amide bonds. The summed E-state index contributed by atoms with van der Waals surface area (Å²) in [4.78, 5) is 26.7. The monoisotopic (exact) mass is 298 g/mol. The maximum absolute atomic E-state index is 12.2. The van der Waals surface area contributed by atoms with Crippen LogP contribution >= 0.6 is 0 Å². The highest BCUT2D eigenvalue weighted by Gasteiger charge is 2.29. The third kappa shape index (κ3) is 3.39. The van der Waals surface area contributed by atoms with Crippen molar-refractivity contribution in [3.05, 3.63) is 48.3 Å². The molecular formula is C16H18N4O2. The number of carbonyl (C=O) groups excluding carboxylic acids is 1. The average molecular weight is 298 g/mol. The van der Waals surface area contributed by atoms with Gasteiger partial charge < -0.3 is 9.64 Å². The zero-order valence-corrected chi connectivity index (χ0v) is 12.5. The van der Waals surface area contributed by atoms with Gasteiger partial charge in [0.1, 0.15) is 11.6 Å². The molecule has 1 saturated heterocycles. The molecule has 1 aliphatic rings. The maximum atomic E-state index is 12.2. The van der Waals surface area contributed by atoms with Gasteiger partial charge in [0.2, 0.25) is 0 Å². The van der Waals surface area contributed by atoms with Crippen LogP contribution in [0, 0.1) is 6.92 Å². The topological polar surface area (TPSA) is 68.2 Å². The van der Waals surface area contributed by atoms with Crippen molar-refractivity contribution in [2.45, 2.75) is 19.3 Å². The normalized spacial score (nSPS) is 17.5. The first-order valence-electron chi connectivity index (χ1n) is 7.32. The van der Waals surface area contributed by atoms with Gasteiger partial charge >= 0.3 is 0 Å². The third-order valence-electron chi connectivity index (χ3n) is 3.72. The Balaban J connectivity index is 1.55. The van der Waals surface area contributed by atoms with E-state index in [2.05, 4.69) is 15.0 Å². The molecule has 0 saturated carbocycles. The Labute approximate surface area is 129 Å². The smallest absolute Gasteiger partial charge is 0.260 e. The number of hydrogen-bond acceptors (Lipinski definition) is 5. The Hall–Kier alpha value is -2.50. The molecule has 0 N–H and O–H groups in total. The number of nitrogens with zero attached hydrogens (tertiary/aromatic N) is 4. The van der Waals surface area contributed by atoms with E-state index in [9.17, 15) is 4.79 Å². The highest BCUT2D eigenvalue weighted by Crippen LogP contribution is 2.24. The quantitative estimate of drug-likeness (QED) is 0.857. The predicted molar refractivity (Wildman–Crippen MR) is 80.4 cm³/mol. The molecule has 6 heteroatoms. The lowest BCUT2D eigenvalue weighted by molar-refractivity contribution is -0.132. The lowest BCUT2D eigenvalue weighted by atomic mass is 10.1. The van der Waals surface area contributed by atoms with Crippen LogP contribution in [0.15, 0.2) is 36.8 Å². The molecule has 1 atom stereocenters. The van der Waals surface area contributed by atoms with Gasteiger partial charge in [-0.25, -0.2) is 9.97 Å². The summed E-state index contributed by atoms with van der Waals surface area (Å²) in [6, 6.07) is 5.44. The molecule has 1 aliphatic heterocycles. The Kier molecular flexibility index (Phi) is 4.27. The summed E-state index contributed by atoms with van der Waals surface area (Å²) in [6.45, 7) is 3.35. The van der Waals surface area contributed by atoms with Crippen LogP contribution in [0.3, 0.4) is 0 Å². The lowest BCUT2D eigenvalue weighted by Crippen LogP contribution is -2.33. The third-order valence-corrected chi connectivity index (χ3v) is 3.72. The molecule has 1 unspecified atom stereocenters. The van der Waals surface area contributed by atoms with Crippen molar-refractivity contribution in [1.29, 1.82) is 0 Å². The van der Waals surface area contributed by atoms with Crippen LogP contribution in [0.25, 0.3) is 0 Å². The minimum absolute atomic E-state index is 0.0148. The Morgan fingerprint density at radius 2 is 2.32 bits per heavy atom. The van der Waals surface area contributed by atoms with Gasteiger partial charge in [-0.2, -0.15) is 0 Å². The summed E-state index contributed by atoms with van der Waals surface area (Å²) in [6.07, 6.45) is 5.93. The minimum Gasteiger partial charge on any atom is -0.482 e. The Morgan fingerprint density at radius 3 is 3.09 bits per heavy atom. The summed E-state index contributed by atoms with van der Waals surface area (Å²) in [7, 11) is 0. The van der Waals surface area contributed by atoms with E-state index in [4.69, 9.17) is 4.74 Å².